The summed E-state index contributed by atoms with van der Waals surface area (Å²) in [4.78, 5) is 14.9. The van der Waals surface area contributed by atoms with Crippen LogP contribution in [0, 0.1) is 5.82 Å². The monoisotopic (exact) mass is 356 g/mol. The topological polar surface area (TPSA) is 32.3 Å². The number of carbonyl (C=O) groups is 1. The molecule has 0 radical (unpaired) electrons. The summed E-state index contributed by atoms with van der Waals surface area (Å²) in [6, 6.07) is 8.17. The molecule has 106 valence electrons. The van der Waals surface area contributed by atoms with E-state index in [9.17, 15) is 9.18 Å². The van der Waals surface area contributed by atoms with Crippen molar-refractivity contribution in [3.63, 3.8) is 0 Å². The van der Waals surface area contributed by atoms with Crippen LogP contribution >= 0.6 is 27.3 Å². The summed E-state index contributed by atoms with van der Waals surface area (Å²) in [5.74, 6) is -0.654. The lowest BCUT2D eigenvalue weighted by Gasteiger charge is -2.15. The molecule has 1 amide bonds. The van der Waals surface area contributed by atoms with Crippen LogP contribution in [0.1, 0.15) is 4.88 Å². The van der Waals surface area contributed by atoms with E-state index in [1.165, 1.54) is 6.07 Å². The van der Waals surface area contributed by atoms with Gasteiger partial charge < -0.3 is 5.32 Å². The minimum atomic E-state index is -0.425. The number of amides is 1. The van der Waals surface area contributed by atoms with E-state index >= 15 is 0 Å². The first-order chi connectivity index (χ1) is 9.54. The van der Waals surface area contributed by atoms with Gasteiger partial charge in [-0.1, -0.05) is 12.1 Å². The molecule has 0 aliphatic rings. The van der Waals surface area contributed by atoms with Crippen molar-refractivity contribution < 1.29 is 9.18 Å². The Kier molecular flexibility index (Phi) is 5.28. The lowest BCUT2D eigenvalue weighted by Crippen LogP contribution is -2.29. The Morgan fingerprint density at radius 3 is 2.85 bits per heavy atom. The number of nitrogens with zero attached hydrogens (tertiary/aromatic N) is 1. The predicted molar refractivity (Wildman–Crippen MR) is 83.4 cm³/mol. The van der Waals surface area contributed by atoms with Crippen LogP contribution in [0.2, 0.25) is 0 Å². The molecule has 2 rings (SSSR count). The number of halogens is 2. The predicted octanol–water partition coefficient (Wildman–Crippen LogP) is 3.72. The summed E-state index contributed by atoms with van der Waals surface area (Å²) in [6.07, 6.45) is 0. The summed E-state index contributed by atoms with van der Waals surface area (Å²) < 4.78 is 14.4. The van der Waals surface area contributed by atoms with Crippen LogP contribution in [-0.4, -0.2) is 24.4 Å². The largest absolute Gasteiger partial charge is 0.322 e. The first kappa shape index (κ1) is 15.2. The fourth-order valence-electron chi connectivity index (χ4n) is 1.76. The van der Waals surface area contributed by atoms with Crippen LogP contribution < -0.4 is 5.32 Å². The first-order valence-corrected chi connectivity index (χ1v) is 7.67. The highest BCUT2D eigenvalue weighted by Crippen LogP contribution is 2.20. The molecular weight excluding hydrogens is 343 g/mol. The van der Waals surface area contributed by atoms with E-state index in [1.54, 1.807) is 29.5 Å². The van der Waals surface area contributed by atoms with Crippen LogP contribution in [0.25, 0.3) is 0 Å². The van der Waals surface area contributed by atoms with Crippen LogP contribution in [0.5, 0.6) is 0 Å². The van der Waals surface area contributed by atoms with Crippen molar-refractivity contribution in [2.75, 3.05) is 18.9 Å². The van der Waals surface area contributed by atoms with Crippen molar-refractivity contribution in [3.05, 3.63) is 50.9 Å². The van der Waals surface area contributed by atoms with Gasteiger partial charge in [0.1, 0.15) is 5.82 Å². The maximum atomic E-state index is 13.4. The van der Waals surface area contributed by atoms with Gasteiger partial charge in [0.25, 0.3) is 0 Å². The van der Waals surface area contributed by atoms with Gasteiger partial charge in [0, 0.05) is 21.3 Å². The fraction of sp³-hybridized carbons (Fsp3) is 0.214. The van der Waals surface area contributed by atoms with Gasteiger partial charge in [-0.25, -0.2) is 4.39 Å². The smallest absolute Gasteiger partial charge is 0.238 e. The van der Waals surface area contributed by atoms with E-state index in [0.717, 1.165) is 9.35 Å². The molecule has 1 aromatic heterocycles. The summed E-state index contributed by atoms with van der Waals surface area (Å²) in [5, 5.41) is 4.57. The van der Waals surface area contributed by atoms with E-state index in [4.69, 9.17) is 0 Å². The van der Waals surface area contributed by atoms with Crippen molar-refractivity contribution in [2.45, 2.75) is 6.54 Å². The highest BCUT2D eigenvalue weighted by molar-refractivity contribution is 9.10. The molecule has 2 aromatic rings. The number of anilines is 1. The highest BCUT2D eigenvalue weighted by Gasteiger charge is 2.10. The maximum absolute atomic E-state index is 13.4. The highest BCUT2D eigenvalue weighted by atomic mass is 79.9. The van der Waals surface area contributed by atoms with Crippen LogP contribution in [0.3, 0.4) is 0 Å². The lowest BCUT2D eigenvalue weighted by atomic mass is 10.3. The molecule has 1 aromatic carbocycles. The van der Waals surface area contributed by atoms with Crippen LogP contribution in [-0.2, 0) is 11.3 Å². The molecule has 1 N–H and O–H groups in total. The van der Waals surface area contributed by atoms with Crippen molar-refractivity contribution in [3.8, 4) is 0 Å². The van der Waals surface area contributed by atoms with Crippen LogP contribution in [0.4, 0.5) is 10.1 Å². The molecule has 0 atom stereocenters. The summed E-state index contributed by atoms with van der Waals surface area (Å²) in [7, 11) is 1.86. The molecule has 6 heteroatoms. The number of para-hydroxylation sites is 1. The van der Waals surface area contributed by atoms with Crippen LogP contribution in [0.15, 0.2) is 40.2 Å². The number of carbonyl (C=O) groups excluding carboxylic acids is 1. The Morgan fingerprint density at radius 2 is 2.20 bits per heavy atom. The zero-order valence-corrected chi connectivity index (χ0v) is 13.3. The van der Waals surface area contributed by atoms with Gasteiger partial charge in [-0.3, -0.25) is 9.69 Å². The van der Waals surface area contributed by atoms with Gasteiger partial charge in [0.2, 0.25) is 5.91 Å². The normalized spacial score (nSPS) is 10.8. The van der Waals surface area contributed by atoms with E-state index in [0.29, 0.717) is 6.54 Å². The molecule has 0 saturated heterocycles. The van der Waals surface area contributed by atoms with Crippen molar-refractivity contribution in [1.82, 2.24) is 4.90 Å². The number of hydrogen-bond donors (Lipinski definition) is 1. The number of hydrogen-bond acceptors (Lipinski definition) is 3. The van der Waals surface area contributed by atoms with Gasteiger partial charge >= 0.3 is 0 Å². The number of rotatable bonds is 5. The lowest BCUT2D eigenvalue weighted by molar-refractivity contribution is -0.117. The Bertz CT molecular complexity index is 602. The first-order valence-electron chi connectivity index (χ1n) is 6.00. The Morgan fingerprint density at radius 1 is 1.45 bits per heavy atom. The number of nitrogens with one attached hydrogen (secondary N) is 1. The number of thiophene rings is 1. The fourth-order valence-corrected chi connectivity index (χ4v) is 3.29. The maximum Gasteiger partial charge on any atom is 0.238 e. The van der Waals surface area contributed by atoms with Gasteiger partial charge in [0.05, 0.1) is 12.2 Å². The quantitative estimate of drug-likeness (QED) is 0.885. The Labute approximate surface area is 129 Å². The average molecular weight is 357 g/mol. The molecule has 0 bridgehead atoms. The van der Waals surface area contributed by atoms with Gasteiger partial charge in [-0.15, -0.1) is 11.3 Å². The number of likely N-dealkylation sites (N-methyl/N-ethyl adjacent to an activating group) is 1. The standard InChI is InChI=1S/C14H14BrFN2OS/c1-18(7-11-6-10(15)9-20-11)8-14(19)17-13-5-3-2-4-12(13)16/h2-6,9H,7-8H2,1H3,(H,17,19). The second kappa shape index (κ2) is 6.97. The van der Waals surface area contributed by atoms with Gasteiger partial charge in [0.15, 0.2) is 0 Å². The second-order valence-electron chi connectivity index (χ2n) is 4.43. The summed E-state index contributed by atoms with van der Waals surface area (Å²) in [6.45, 7) is 0.894. The summed E-state index contributed by atoms with van der Waals surface area (Å²) in [5.41, 5.74) is 0.213. The number of benzene rings is 1. The third kappa shape index (κ3) is 4.40. The second-order valence-corrected chi connectivity index (χ2v) is 6.34. The van der Waals surface area contributed by atoms with Crippen molar-refractivity contribution in [2.24, 2.45) is 0 Å². The SMILES string of the molecule is CN(CC(=O)Nc1ccccc1F)Cc1cc(Br)cs1. The van der Waals surface area contributed by atoms with E-state index in [1.807, 2.05) is 23.4 Å². The molecule has 0 spiro atoms. The van der Waals surface area contributed by atoms with Crippen molar-refractivity contribution in [1.29, 1.82) is 0 Å². The molecule has 20 heavy (non-hydrogen) atoms. The third-order valence-corrected chi connectivity index (χ3v) is 4.29. The third-order valence-electron chi connectivity index (χ3n) is 2.61. The molecule has 0 unspecified atom stereocenters. The van der Waals surface area contributed by atoms with Gasteiger partial charge in [-0.05, 0) is 41.2 Å². The zero-order valence-electron chi connectivity index (χ0n) is 10.9. The Balaban J connectivity index is 1.86. The van der Waals surface area contributed by atoms with E-state index in [2.05, 4.69) is 21.2 Å². The molecule has 3 nitrogen and oxygen atoms in total. The molecular formula is C14H14BrFN2OS. The molecule has 0 aliphatic carbocycles. The molecule has 0 fully saturated rings. The average Bonchev–Trinajstić information content (AvgIpc) is 2.77. The molecule has 0 saturated carbocycles. The van der Waals surface area contributed by atoms with E-state index in [-0.39, 0.29) is 18.1 Å². The molecule has 1 heterocycles. The molecule has 0 aliphatic heterocycles. The van der Waals surface area contributed by atoms with E-state index < -0.39 is 5.82 Å². The van der Waals surface area contributed by atoms with Crippen molar-refractivity contribution >= 4 is 38.9 Å². The zero-order chi connectivity index (χ0) is 14.5. The van der Waals surface area contributed by atoms with Gasteiger partial charge in [-0.2, -0.15) is 0 Å². The minimum Gasteiger partial charge on any atom is -0.322 e. The Hall–Kier alpha value is -1.24. The minimum absolute atomic E-state index is 0.212. The summed E-state index contributed by atoms with van der Waals surface area (Å²) >= 11 is 5.03.